The lowest BCUT2D eigenvalue weighted by Crippen LogP contribution is -2.32. The molecule has 0 fully saturated rings. The molecule has 1 aliphatic heterocycles. The van der Waals surface area contributed by atoms with Crippen LogP contribution in [0.4, 0.5) is 11.4 Å². The molecule has 0 unspecified atom stereocenters. The lowest BCUT2D eigenvalue weighted by Gasteiger charge is -2.26. The molecule has 1 amide bonds. The summed E-state index contributed by atoms with van der Waals surface area (Å²) in [5.41, 5.74) is 3.64. The van der Waals surface area contributed by atoms with E-state index in [1.165, 1.54) is 11.8 Å². The van der Waals surface area contributed by atoms with E-state index in [1.54, 1.807) is 12.4 Å². The summed E-state index contributed by atoms with van der Waals surface area (Å²) in [5, 5.41) is 0. The summed E-state index contributed by atoms with van der Waals surface area (Å²) in [6.45, 7) is 2.39. The van der Waals surface area contributed by atoms with Crippen LogP contribution < -0.4 is 9.80 Å². The molecule has 5 heteroatoms. The molecule has 0 N–H and O–H groups in total. The van der Waals surface area contributed by atoms with Gasteiger partial charge in [-0.15, -0.1) is 0 Å². The van der Waals surface area contributed by atoms with Crippen molar-refractivity contribution in [3.63, 3.8) is 0 Å². The zero-order valence-electron chi connectivity index (χ0n) is 14.5. The first-order valence-electron chi connectivity index (χ1n) is 8.79. The van der Waals surface area contributed by atoms with Gasteiger partial charge in [-0.3, -0.25) is 9.78 Å². The van der Waals surface area contributed by atoms with Gasteiger partial charge in [-0.1, -0.05) is 42.5 Å². The van der Waals surface area contributed by atoms with Crippen LogP contribution in [0, 0.1) is 0 Å². The Labute approximate surface area is 152 Å². The maximum Gasteiger partial charge on any atom is 0.278 e. The van der Waals surface area contributed by atoms with Gasteiger partial charge in [0.25, 0.3) is 5.91 Å². The fraction of sp³-hybridized carbons (Fsp3) is 0.190. The topological polar surface area (TPSA) is 49.3 Å². The number of benzene rings is 2. The number of nitrogens with zero attached hydrogens (tertiary/aromatic N) is 4. The summed E-state index contributed by atoms with van der Waals surface area (Å²) in [6, 6.07) is 18.5. The van der Waals surface area contributed by atoms with Crippen molar-refractivity contribution in [2.75, 3.05) is 22.9 Å². The predicted molar refractivity (Wildman–Crippen MR) is 102 cm³/mol. The van der Waals surface area contributed by atoms with Crippen molar-refractivity contribution in [1.82, 2.24) is 9.97 Å². The van der Waals surface area contributed by atoms with Crippen LogP contribution >= 0.6 is 0 Å². The van der Waals surface area contributed by atoms with Crippen LogP contribution in [0.3, 0.4) is 0 Å². The zero-order chi connectivity index (χ0) is 17.8. The molecule has 0 bridgehead atoms. The maximum absolute atomic E-state index is 13.0. The number of aromatic nitrogens is 2. The largest absolute Gasteiger partial charge is 0.365 e. The Balaban J connectivity index is 1.68. The van der Waals surface area contributed by atoms with Crippen molar-refractivity contribution >= 4 is 17.3 Å². The smallest absolute Gasteiger partial charge is 0.278 e. The molecule has 0 radical (unpaired) electrons. The molecule has 0 spiro atoms. The van der Waals surface area contributed by atoms with Gasteiger partial charge in [-0.05, 0) is 24.1 Å². The number of amides is 1. The van der Waals surface area contributed by atoms with Crippen LogP contribution in [0.1, 0.15) is 22.5 Å². The number of hydrogen-bond acceptors (Lipinski definition) is 4. The number of carbonyl (C=O) groups is 1. The van der Waals surface area contributed by atoms with Gasteiger partial charge in [-0.2, -0.15) is 0 Å². The molecule has 3 aromatic rings. The number of hydrogen-bond donors (Lipinski definition) is 0. The van der Waals surface area contributed by atoms with Gasteiger partial charge in [0.2, 0.25) is 0 Å². The highest BCUT2D eigenvalue weighted by molar-refractivity contribution is 6.06. The molecular weight excluding hydrogens is 324 g/mol. The lowest BCUT2D eigenvalue weighted by molar-refractivity contribution is 0.0982. The normalized spacial score (nSPS) is 13.8. The molecule has 1 aliphatic rings. The van der Waals surface area contributed by atoms with E-state index in [9.17, 15) is 4.79 Å². The fourth-order valence-corrected chi connectivity index (χ4v) is 3.35. The minimum atomic E-state index is -0.105. The molecule has 4 rings (SSSR count). The first-order chi connectivity index (χ1) is 12.8. The Morgan fingerprint density at radius 2 is 1.69 bits per heavy atom. The predicted octanol–water partition coefficient (Wildman–Crippen LogP) is 3.53. The molecule has 0 saturated carbocycles. The van der Waals surface area contributed by atoms with Crippen molar-refractivity contribution < 1.29 is 4.79 Å². The van der Waals surface area contributed by atoms with Gasteiger partial charge in [0.1, 0.15) is 5.69 Å². The number of anilines is 2. The van der Waals surface area contributed by atoms with Gasteiger partial charge in [0.15, 0.2) is 0 Å². The second-order valence-corrected chi connectivity index (χ2v) is 6.30. The van der Waals surface area contributed by atoms with Crippen LogP contribution in [0.25, 0.3) is 0 Å². The first-order valence-corrected chi connectivity index (χ1v) is 8.79. The molecule has 0 aliphatic carbocycles. The average Bonchev–Trinajstić information content (AvgIpc) is 2.89. The number of para-hydroxylation sites is 2. The standard InChI is InChI=1S/C21H20N4O/c26-21(18-15-22-11-12-23-18)25-14-6-13-24(16-17-7-2-1-3-8-17)19-9-4-5-10-20(19)25/h1-5,7-12,15H,6,13-14,16H2. The van der Waals surface area contributed by atoms with Crippen LogP contribution in [0.5, 0.6) is 0 Å². The Morgan fingerprint density at radius 1 is 0.923 bits per heavy atom. The zero-order valence-corrected chi connectivity index (χ0v) is 14.5. The molecule has 1 aromatic heterocycles. The highest BCUT2D eigenvalue weighted by Crippen LogP contribution is 2.33. The number of fused-ring (bicyclic) bond motifs is 1. The highest BCUT2D eigenvalue weighted by Gasteiger charge is 2.26. The Kier molecular flexibility index (Phi) is 4.60. The second kappa shape index (κ2) is 7.35. The second-order valence-electron chi connectivity index (χ2n) is 6.30. The van der Waals surface area contributed by atoms with Crippen molar-refractivity contribution in [2.24, 2.45) is 0 Å². The van der Waals surface area contributed by atoms with E-state index in [0.717, 1.165) is 30.9 Å². The minimum Gasteiger partial charge on any atom is -0.365 e. The van der Waals surface area contributed by atoms with Gasteiger partial charge in [0.05, 0.1) is 17.6 Å². The molecule has 0 saturated heterocycles. The number of carbonyl (C=O) groups excluding carboxylic acids is 1. The maximum atomic E-state index is 13.0. The third-order valence-electron chi connectivity index (χ3n) is 4.57. The Hall–Kier alpha value is -3.21. The van der Waals surface area contributed by atoms with E-state index in [1.807, 2.05) is 29.2 Å². The highest BCUT2D eigenvalue weighted by atomic mass is 16.2. The average molecular weight is 344 g/mol. The minimum absolute atomic E-state index is 0.105. The first kappa shape index (κ1) is 16.3. The van der Waals surface area contributed by atoms with E-state index >= 15 is 0 Å². The van der Waals surface area contributed by atoms with Crippen LogP contribution in [0.15, 0.2) is 73.2 Å². The molecule has 5 nitrogen and oxygen atoms in total. The lowest BCUT2D eigenvalue weighted by atomic mass is 10.1. The van der Waals surface area contributed by atoms with E-state index in [-0.39, 0.29) is 5.91 Å². The van der Waals surface area contributed by atoms with Gasteiger partial charge in [-0.25, -0.2) is 4.98 Å². The van der Waals surface area contributed by atoms with Crippen molar-refractivity contribution in [2.45, 2.75) is 13.0 Å². The van der Waals surface area contributed by atoms with Crippen molar-refractivity contribution in [1.29, 1.82) is 0 Å². The van der Waals surface area contributed by atoms with Crippen molar-refractivity contribution in [3.8, 4) is 0 Å². The summed E-state index contributed by atoms with van der Waals surface area (Å²) in [5.74, 6) is -0.105. The molecule has 26 heavy (non-hydrogen) atoms. The van der Waals surface area contributed by atoms with Crippen molar-refractivity contribution in [3.05, 3.63) is 84.4 Å². The monoisotopic (exact) mass is 344 g/mol. The number of rotatable bonds is 3. The van der Waals surface area contributed by atoms with Gasteiger partial charge >= 0.3 is 0 Å². The Morgan fingerprint density at radius 3 is 2.46 bits per heavy atom. The Bertz CT molecular complexity index is 883. The van der Waals surface area contributed by atoms with E-state index in [4.69, 9.17) is 0 Å². The third-order valence-corrected chi connectivity index (χ3v) is 4.57. The van der Waals surface area contributed by atoms with Gasteiger partial charge in [0, 0.05) is 32.0 Å². The molecule has 2 aromatic carbocycles. The summed E-state index contributed by atoms with van der Waals surface area (Å²) in [4.78, 5) is 25.4. The summed E-state index contributed by atoms with van der Waals surface area (Å²) in [6.07, 6.45) is 5.55. The SMILES string of the molecule is O=C(c1cnccn1)N1CCCN(Cc2ccccc2)c2ccccc21. The van der Waals surface area contributed by atoms with E-state index in [0.29, 0.717) is 12.2 Å². The molecular formula is C21H20N4O. The van der Waals surface area contributed by atoms with E-state index in [2.05, 4.69) is 45.2 Å². The third kappa shape index (κ3) is 3.28. The van der Waals surface area contributed by atoms with Crippen LogP contribution in [-0.2, 0) is 6.54 Å². The quantitative estimate of drug-likeness (QED) is 0.729. The summed E-state index contributed by atoms with van der Waals surface area (Å²) >= 11 is 0. The van der Waals surface area contributed by atoms with E-state index < -0.39 is 0 Å². The van der Waals surface area contributed by atoms with Gasteiger partial charge < -0.3 is 9.80 Å². The molecule has 130 valence electrons. The summed E-state index contributed by atoms with van der Waals surface area (Å²) in [7, 11) is 0. The molecule has 2 heterocycles. The molecule has 0 atom stereocenters. The van der Waals surface area contributed by atoms with Crippen LogP contribution in [-0.4, -0.2) is 29.0 Å². The summed E-state index contributed by atoms with van der Waals surface area (Å²) < 4.78 is 0. The fourth-order valence-electron chi connectivity index (χ4n) is 3.35. The van der Waals surface area contributed by atoms with Crippen LogP contribution in [0.2, 0.25) is 0 Å².